The maximum atomic E-state index is 13.5. The molecule has 2 aromatic carbocycles. The quantitative estimate of drug-likeness (QED) is 0.555. The predicted molar refractivity (Wildman–Crippen MR) is 63.5 cm³/mol. The van der Waals surface area contributed by atoms with Crippen LogP contribution >= 0.6 is 15.9 Å². The third kappa shape index (κ3) is 2.41. The SMILES string of the molecule is Fc1ccc(F)c(C(Br)c2cccc(F)c2F)c1. The summed E-state index contributed by atoms with van der Waals surface area (Å²) < 4.78 is 53.2. The molecule has 0 aromatic heterocycles. The van der Waals surface area contributed by atoms with Crippen molar-refractivity contribution in [3.63, 3.8) is 0 Å². The van der Waals surface area contributed by atoms with Crippen LogP contribution in [0.15, 0.2) is 36.4 Å². The number of halogens is 5. The first-order chi connectivity index (χ1) is 8.50. The molecule has 1 unspecified atom stereocenters. The third-order valence-electron chi connectivity index (χ3n) is 2.49. The van der Waals surface area contributed by atoms with Crippen molar-refractivity contribution in [1.29, 1.82) is 0 Å². The third-order valence-corrected chi connectivity index (χ3v) is 3.47. The molecule has 0 aliphatic carbocycles. The molecule has 0 saturated heterocycles. The van der Waals surface area contributed by atoms with Gasteiger partial charge in [-0.1, -0.05) is 28.1 Å². The Morgan fingerprint density at radius 1 is 0.833 bits per heavy atom. The number of rotatable bonds is 2. The molecule has 94 valence electrons. The van der Waals surface area contributed by atoms with Crippen molar-refractivity contribution < 1.29 is 17.6 Å². The van der Waals surface area contributed by atoms with E-state index >= 15 is 0 Å². The van der Waals surface area contributed by atoms with Crippen LogP contribution in [-0.4, -0.2) is 0 Å². The van der Waals surface area contributed by atoms with E-state index in [1.807, 2.05) is 0 Å². The Labute approximate surface area is 109 Å². The zero-order valence-corrected chi connectivity index (χ0v) is 10.5. The van der Waals surface area contributed by atoms with Gasteiger partial charge in [-0.05, 0) is 24.3 Å². The largest absolute Gasteiger partial charge is 0.207 e. The van der Waals surface area contributed by atoms with Gasteiger partial charge in [0, 0.05) is 11.1 Å². The second-order valence-corrected chi connectivity index (χ2v) is 4.59. The monoisotopic (exact) mass is 318 g/mol. The average Bonchev–Trinajstić information content (AvgIpc) is 2.35. The highest BCUT2D eigenvalue weighted by molar-refractivity contribution is 9.09. The zero-order valence-electron chi connectivity index (χ0n) is 8.93. The highest BCUT2D eigenvalue weighted by Crippen LogP contribution is 2.34. The minimum atomic E-state index is -1.08. The van der Waals surface area contributed by atoms with Crippen LogP contribution in [0.25, 0.3) is 0 Å². The fourth-order valence-electron chi connectivity index (χ4n) is 1.59. The molecule has 0 aliphatic heterocycles. The molecule has 1 atom stereocenters. The van der Waals surface area contributed by atoms with Crippen molar-refractivity contribution in [2.75, 3.05) is 0 Å². The first-order valence-electron chi connectivity index (χ1n) is 5.03. The van der Waals surface area contributed by atoms with Crippen LogP contribution in [0.5, 0.6) is 0 Å². The number of benzene rings is 2. The van der Waals surface area contributed by atoms with E-state index in [4.69, 9.17) is 0 Å². The van der Waals surface area contributed by atoms with Gasteiger partial charge in [0.25, 0.3) is 0 Å². The van der Waals surface area contributed by atoms with Crippen molar-refractivity contribution in [2.45, 2.75) is 4.83 Å². The highest BCUT2D eigenvalue weighted by Gasteiger charge is 2.20. The molecule has 0 saturated carbocycles. The van der Waals surface area contributed by atoms with E-state index in [1.165, 1.54) is 12.1 Å². The van der Waals surface area contributed by atoms with E-state index in [9.17, 15) is 17.6 Å². The number of hydrogen-bond acceptors (Lipinski definition) is 0. The summed E-state index contributed by atoms with van der Waals surface area (Å²) in [4.78, 5) is -0.955. The molecule has 0 spiro atoms. The number of alkyl halides is 1. The Morgan fingerprint density at radius 2 is 1.56 bits per heavy atom. The van der Waals surface area contributed by atoms with Gasteiger partial charge in [-0.15, -0.1) is 0 Å². The standard InChI is InChI=1S/C13H7BrF4/c14-12(8-2-1-3-11(17)13(8)18)9-6-7(15)4-5-10(9)16/h1-6,12H. The van der Waals surface area contributed by atoms with E-state index in [-0.39, 0.29) is 11.1 Å². The molecule has 5 heteroatoms. The molecular weight excluding hydrogens is 312 g/mol. The van der Waals surface area contributed by atoms with Crippen molar-refractivity contribution in [1.82, 2.24) is 0 Å². The van der Waals surface area contributed by atoms with Crippen molar-refractivity contribution in [3.05, 3.63) is 70.8 Å². The molecular formula is C13H7BrF4. The van der Waals surface area contributed by atoms with Crippen molar-refractivity contribution >= 4 is 15.9 Å². The minimum absolute atomic E-state index is 0.0838. The minimum Gasteiger partial charge on any atom is -0.207 e. The van der Waals surface area contributed by atoms with Gasteiger partial charge in [0.15, 0.2) is 11.6 Å². The smallest absolute Gasteiger partial charge is 0.163 e. The number of hydrogen-bond donors (Lipinski definition) is 0. The Bertz CT molecular complexity index is 581. The summed E-state index contributed by atoms with van der Waals surface area (Å²) in [6, 6.07) is 6.41. The van der Waals surface area contributed by atoms with Crippen molar-refractivity contribution in [2.24, 2.45) is 0 Å². The van der Waals surface area contributed by atoms with Gasteiger partial charge in [-0.25, -0.2) is 17.6 Å². The molecule has 0 N–H and O–H groups in total. The zero-order chi connectivity index (χ0) is 13.3. The van der Waals surface area contributed by atoms with Crippen LogP contribution in [0.2, 0.25) is 0 Å². The summed E-state index contributed by atoms with van der Waals surface area (Å²) in [6.45, 7) is 0. The van der Waals surface area contributed by atoms with Crippen LogP contribution < -0.4 is 0 Å². The molecule has 0 heterocycles. The summed E-state index contributed by atoms with van der Waals surface area (Å²) in [7, 11) is 0. The van der Waals surface area contributed by atoms with Crippen LogP contribution in [0.4, 0.5) is 17.6 Å². The Morgan fingerprint density at radius 3 is 2.28 bits per heavy atom. The molecule has 0 amide bonds. The first-order valence-corrected chi connectivity index (χ1v) is 5.95. The normalized spacial score (nSPS) is 12.5. The summed E-state index contributed by atoms with van der Waals surface area (Å²) in [5, 5.41) is 0. The molecule has 2 aromatic rings. The molecule has 0 fully saturated rings. The van der Waals surface area contributed by atoms with Crippen LogP contribution in [0.3, 0.4) is 0 Å². The van der Waals surface area contributed by atoms with Gasteiger partial charge in [0.1, 0.15) is 11.6 Å². The summed E-state index contributed by atoms with van der Waals surface area (Å²) >= 11 is 3.05. The highest BCUT2D eigenvalue weighted by atomic mass is 79.9. The molecule has 2 rings (SSSR count). The lowest BCUT2D eigenvalue weighted by molar-refractivity contribution is 0.499. The van der Waals surface area contributed by atoms with E-state index in [2.05, 4.69) is 15.9 Å². The van der Waals surface area contributed by atoms with Gasteiger partial charge in [-0.3, -0.25) is 0 Å². The Balaban J connectivity index is 2.51. The van der Waals surface area contributed by atoms with E-state index < -0.39 is 28.1 Å². The Hall–Kier alpha value is -1.36. The van der Waals surface area contributed by atoms with Crippen LogP contribution in [-0.2, 0) is 0 Å². The summed E-state index contributed by atoms with van der Waals surface area (Å²) in [5.74, 6) is -3.45. The van der Waals surface area contributed by atoms with Gasteiger partial charge >= 0.3 is 0 Å². The summed E-state index contributed by atoms with van der Waals surface area (Å²) in [6.07, 6.45) is 0. The van der Waals surface area contributed by atoms with E-state index in [1.54, 1.807) is 0 Å². The fourth-order valence-corrected chi connectivity index (χ4v) is 2.30. The first kappa shape index (κ1) is 13.1. The second-order valence-electron chi connectivity index (χ2n) is 3.67. The maximum absolute atomic E-state index is 13.5. The molecule has 0 aliphatic rings. The van der Waals surface area contributed by atoms with E-state index in [0.717, 1.165) is 24.3 Å². The predicted octanol–water partition coefficient (Wildman–Crippen LogP) is 4.73. The van der Waals surface area contributed by atoms with Gasteiger partial charge in [-0.2, -0.15) is 0 Å². The lowest BCUT2D eigenvalue weighted by atomic mass is 10.0. The molecule has 0 radical (unpaired) electrons. The molecule has 0 bridgehead atoms. The van der Waals surface area contributed by atoms with Gasteiger partial charge in [0.2, 0.25) is 0 Å². The fraction of sp³-hybridized carbons (Fsp3) is 0.0769. The van der Waals surface area contributed by atoms with Crippen LogP contribution in [0, 0.1) is 23.3 Å². The van der Waals surface area contributed by atoms with Gasteiger partial charge < -0.3 is 0 Å². The topological polar surface area (TPSA) is 0 Å². The maximum Gasteiger partial charge on any atom is 0.163 e. The molecule has 18 heavy (non-hydrogen) atoms. The summed E-state index contributed by atoms with van der Waals surface area (Å²) in [5.41, 5.74) is -0.168. The van der Waals surface area contributed by atoms with Crippen LogP contribution in [0.1, 0.15) is 16.0 Å². The van der Waals surface area contributed by atoms with E-state index in [0.29, 0.717) is 0 Å². The lowest BCUT2D eigenvalue weighted by Crippen LogP contribution is -2.01. The average molecular weight is 319 g/mol. The van der Waals surface area contributed by atoms with Gasteiger partial charge in [0.05, 0.1) is 4.83 Å². The van der Waals surface area contributed by atoms with Crippen molar-refractivity contribution in [3.8, 4) is 0 Å². The lowest BCUT2D eigenvalue weighted by Gasteiger charge is -2.13. The second kappa shape index (κ2) is 5.10. The Kier molecular flexibility index (Phi) is 3.71. The molecule has 0 nitrogen and oxygen atoms in total.